The Morgan fingerprint density at radius 3 is 2.15 bits per heavy atom. The molecular weight excluding hydrogens is 508 g/mol. The van der Waals surface area contributed by atoms with Crippen LogP contribution in [0.5, 0.6) is 23.0 Å². The number of amides is 1. The molecule has 8 nitrogen and oxygen atoms in total. The van der Waals surface area contributed by atoms with Crippen LogP contribution in [0.15, 0.2) is 96.1 Å². The van der Waals surface area contributed by atoms with Gasteiger partial charge in [-0.05, 0) is 91.7 Å². The molecule has 0 bridgehead atoms. The van der Waals surface area contributed by atoms with Crippen LogP contribution < -0.4 is 24.4 Å². The second-order valence-corrected chi connectivity index (χ2v) is 8.75. The molecule has 4 aromatic carbocycles. The Bertz CT molecular complexity index is 1460. The van der Waals surface area contributed by atoms with Gasteiger partial charge >= 0.3 is 5.97 Å². The monoisotopic (exact) mass is 538 g/mol. The molecule has 0 spiro atoms. The van der Waals surface area contributed by atoms with Gasteiger partial charge in [0.05, 0.1) is 25.5 Å². The molecule has 1 amide bonds. The molecule has 4 rings (SSSR count). The molecule has 0 saturated heterocycles. The summed E-state index contributed by atoms with van der Waals surface area (Å²) in [4.78, 5) is 25.1. The fourth-order valence-electron chi connectivity index (χ4n) is 3.63. The quantitative estimate of drug-likeness (QED) is 0.110. The van der Waals surface area contributed by atoms with Crippen molar-refractivity contribution in [1.82, 2.24) is 5.43 Å². The number of nitrogens with zero attached hydrogens (tertiary/aromatic N) is 1. The Hall–Kier alpha value is -5.11. The molecule has 0 aliphatic carbocycles. The van der Waals surface area contributed by atoms with Crippen molar-refractivity contribution < 1.29 is 28.5 Å². The summed E-state index contributed by atoms with van der Waals surface area (Å²) in [6.45, 7) is 4.68. The third kappa shape index (κ3) is 7.70. The molecule has 4 aromatic rings. The number of hydrogen-bond donors (Lipinski definition) is 1. The lowest BCUT2D eigenvalue weighted by Crippen LogP contribution is -2.17. The standard InChI is InChI=1S/C32H30N2O6/c1-4-38-30-19-24(9-18-29(30)40-32(36)26-12-14-27(37-3)15-13-26)20-33-34-31(35)25-10-16-28(17-11-25)39-21-23-7-5-22(2)6-8-23/h5-20H,4,21H2,1-3H3,(H,34,35)/b33-20-. The average Bonchev–Trinajstić information content (AvgIpc) is 2.98. The van der Waals surface area contributed by atoms with Gasteiger partial charge in [-0.3, -0.25) is 4.79 Å². The number of hydrazone groups is 1. The van der Waals surface area contributed by atoms with E-state index >= 15 is 0 Å². The number of methoxy groups -OCH3 is 1. The summed E-state index contributed by atoms with van der Waals surface area (Å²) >= 11 is 0. The molecule has 0 aliphatic heterocycles. The van der Waals surface area contributed by atoms with Crippen molar-refractivity contribution in [3.63, 3.8) is 0 Å². The van der Waals surface area contributed by atoms with Crippen molar-refractivity contribution in [1.29, 1.82) is 0 Å². The van der Waals surface area contributed by atoms with E-state index in [2.05, 4.69) is 10.5 Å². The number of carbonyl (C=O) groups is 2. The van der Waals surface area contributed by atoms with Crippen LogP contribution in [-0.4, -0.2) is 31.8 Å². The van der Waals surface area contributed by atoms with Crippen LogP contribution in [0, 0.1) is 6.92 Å². The second-order valence-electron chi connectivity index (χ2n) is 8.75. The zero-order valence-corrected chi connectivity index (χ0v) is 22.5. The first-order valence-electron chi connectivity index (χ1n) is 12.7. The number of ether oxygens (including phenoxy) is 4. The molecule has 0 saturated carbocycles. The fourth-order valence-corrected chi connectivity index (χ4v) is 3.63. The van der Waals surface area contributed by atoms with Gasteiger partial charge in [0.15, 0.2) is 11.5 Å². The Morgan fingerprint density at radius 1 is 0.800 bits per heavy atom. The average molecular weight is 539 g/mol. The molecule has 1 N–H and O–H groups in total. The van der Waals surface area contributed by atoms with E-state index in [-0.39, 0.29) is 11.7 Å². The lowest BCUT2D eigenvalue weighted by atomic mass is 10.2. The van der Waals surface area contributed by atoms with E-state index in [1.54, 1.807) is 73.8 Å². The second kappa shape index (κ2) is 13.6. The molecule has 0 atom stereocenters. The SMILES string of the molecule is CCOc1cc(/C=N\NC(=O)c2ccc(OCc3ccc(C)cc3)cc2)ccc1OC(=O)c1ccc(OC)cc1. The third-order valence-corrected chi connectivity index (χ3v) is 5.82. The third-order valence-electron chi connectivity index (χ3n) is 5.82. The van der Waals surface area contributed by atoms with Crippen LogP contribution >= 0.6 is 0 Å². The molecule has 0 unspecified atom stereocenters. The van der Waals surface area contributed by atoms with E-state index in [0.717, 1.165) is 5.56 Å². The number of hydrogen-bond acceptors (Lipinski definition) is 7. The van der Waals surface area contributed by atoms with Crippen molar-refractivity contribution in [2.45, 2.75) is 20.5 Å². The van der Waals surface area contributed by atoms with Crippen LogP contribution in [0.4, 0.5) is 0 Å². The topological polar surface area (TPSA) is 95.5 Å². The minimum atomic E-state index is -0.524. The first kappa shape index (κ1) is 27.9. The number of nitrogens with one attached hydrogen (secondary N) is 1. The normalized spacial score (nSPS) is 10.7. The minimum Gasteiger partial charge on any atom is -0.497 e. The summed E-state index contributed by atoms with van der Waals surface area (Å²) in [6, 6.07) is 26.6. The highest BCUT2D eigenvalue weighted by Crippen LogP contribution is 2.29. The van der Waals surface area contributed by atoms with E-state index in [1.807, 2.05) is 38.1 Å². The summed E-state index contributed by atoms with van der Waals surface area (Å²) in [5, 5.41) is 4.05. The van der Waals surface area contributed by atoms with Crippen LogP contribution in [0.25, 0.3) is 0 Å². The molecule has 0 radical (unpaired) electrons. The molecule has 0 heterocycles. The molecule has 0 aromatic heterocycles. The van der Waals surface area contributed by atoms with Gasteiger partial charge in [-0.15, -0.1) is 0 Å². The largest absolute Gasteiger partial charge is 0.497 e. The van der Waals surface area contributed by atoms with Crippen LogP contribution in [0.3, 0.4) is 0 Å². The number of aryl methyl sites for hydroxylation is 1. The number of carbonyl (C=O) groups excluding carboxylic acids is 2. The lowest BCUT2D eigenvalue weighted by molar-refractivity contribution is 0.0728. The molecule has 8 heteroatoms. The number of esters is 1. The summed E-state index contributed by atoms with van der Waals surface area (Å²) in [7, 11) is 1.55. The smallest absolute Gasteiger partial charge is 0.343 e. The first-order valence-corrected chi connectivity index (χ1v) is 12.7. The number of benzene rings is 4. The molecule has 0 aliphatic rings. The van der Waals surface area contributed by atoms with Gasteiger partial charge in [0.25, 0.3) is 5.91 Å². The Balaban J connectivity index is 1.33. The Morgan fingerprint density at radius 2 is 1.48 bits per heavy atom. The molecule has 204 valence electrons. The van der Waals surface area contributed by atoms with E-state index in [4.69, 9.17) is 18.9 Å². The van der Waals surface area contributed by atoms with Crippen LogP contribution in [-0.2, 0) is 6.61 Å². The predicted molar refractivity (Wildman–Crippen MR) is 153 cm³/mol. The lowest BCUT2D eigenvalue weighted by Gasteiger charge is -2.11. The van der Waals surface area contributed by atoms with Gasteiger partial charge in [-0.2, -0.15) is 5.10 Å². The predicted octanol–water partition coefficient (Wildman–Crippen LogP) is 5.96. The molecular formula is C32H30N2O6. The van der Waals surface area contributed by atoms with Crippen molar-refractivity contribution in [2.24, 2.45) is 5.10 Å². The van der Waals surface area contributed by atoms with Crippen molar-refractivity contribution in [3.8, 4) is 23.0 Å². The maximum atomic E-state index is 12.6. The summed E-state index contributed by atoms with van der Waals surface area (Å²) in [5.41, 5.74) is 6.24. The van der Waals surface area contributed by atoms with Gasteiger partial charge in [0, 0.05) is 5.56 Å². The summed E-state index contributed by atoms with van der Waals surface area (Å²) in [6.07, 6.45) is 1.48. The highest BCUT2D eigenvalue weighted by atomic mass is 16.6. The Labute approximate surface area is 233 Å². The van der Waals surface area contributed by atoms with Gasteiger partial charge in [0.1, 0.15) is 18.1 Å². The van der Waals surface area contributed by atoms with E-state index < -0.39 is 5.97 Å². The highest BCUT2D eigenvalue weighted by molar-refractivity contribution is 5.95. The zero-order valence-electron chi connectivity index (χ0n) is 22.5. The van der Waals surface area contributed by atoms with Crippen molar-refractivity contribution in [2.75, 3.05) is 13.7 Å². The van der Waals surface area contributed by atoms with Crippen LogP contribution in [0.2, 0.25) is 0 Å². The summed E-state index contributed by atoms with van der Waals surface area (Å²) in [5.74, 6) is 1.06. The maximum Gasteiger partial charge on any atom is 0.343 e. The van der Waals surface area contributed by atoms with Gasteiger partial charge < -0.3 is 18.9 Å². The van der Waals surface area contributed by atoms with E-state index in [1.165, 1.54) is 11.8 Å². The van der Waals surface area contributed by atoms with Gasteiger partial charge in [-0.1, -0.05) is 29.8 Å². The van der Waals surface area contributed by atoms with E-state index in [0.29, 0.717) is 47.2 Å². The van der Waals surface area contributed by atoms with E-state index in [9.17, 15) is 9.59 Å². The van der Waals surface area contributed by atoms with Gasteiger partial charge in [0.2, 0.25) is 0 Å². The molecule has 40 heavy (non-hydrogen) atoms. The molecule has 0 fully saturated rings. The first-order chi connectivity index (χ1) is 19.4. The van der Waals surface area contributed by atoms with Crippen molar-refractivity contribution in [3.05, 3.63) is 119 Å². The number of rotatable bonds is 11. The zero-order chi connectivity index (χ0) is 28.3. The van der Waals surface area contributed by atoms with Crippen LogP contribution in [0.1, 0.15) is 44.3 Å². The fraction of sp³-hybridized carbons (Fsp3) is 0.156. The summed E-state index contributed by atoms with van der Waals surface area (Å²) < 4.78 is 22.1. The minimum absolute atomic E-state index is 0.272. The van der Waals surface area contributed by atoms with Crippen molar-refractivity contribution >= 4 is 18.1 Å². The van der Waals surface area contributed by atoms with Gasteiger partial charge in [-0.25, -0.2) is 10.2 Å². The highest BCUT2D eigenvalue weighted by Gasteiger charge is 2.13. The Kier molecular flexibility index (Phi) is 9.50. The maximum absolute atomic E-state index is 12.6.